The molecular formula is C66H98BClF2N9NaO15. The molecule has 0 unspecified atom stereocenters. The van der Waals surface area contributed by atoms with Crippen LogP contribution in [0, 0.1) is 11.6 Å². The van der Waals surface area contributed by atoms with Crippen LogP contribution in [0.3, 0.4) is 0 Å². The third-order valence-electron chi connectivity index (χ3n) is 13.8. The maximum atomic E-state index is 13.6. The van der Waals surface area contributed by atoms with Crippen LogP contribution in [0.5, 0.6) is 23.0 Å². The van der Waals surface area contributed by atoms with Crippen molar-refractivity contribution in [1.29, 1.82) is 0 Å². The second-order valence-corrected chi connectivity index (χ2v) is 21.3. The summed E-state index contributed by atoms with van der Waals surface area (Å²) in [7, 11) is 5.21. The van der Waals surface area contributed by atoms with Gasteiger partial charge in [0.1, 0.15) is 30.4 Å². The van der Waals surface area contributed by atoms with Gasteiger partial charge >= 0.3 is 49.3 Å². The van der Waals surface area contributed by atoms with Crippen molar-refractivity contribution in [3.05, 3.63) is 133 Å². The number of benzene rings is 4. The van der Waals surface area contributed by atoms with Crippen LogP contribution in [0.1, 0.15) is 119 Å². The number of carboxylic acids is 2. The van der Waals surface area contributed by atoms with Crippen LogP contribution in [-0.2, 0) is 35.0 Å². The van der Waals surface area contributed by atoms with E-state index >= 15 is 0 Å². The number of likely N-dealkylation sites (tertiary alicyclic amines) is 1. The zero-order valence-corrected chi connectivity index (χ0v) is 58.7. The van der Waals surface area contributed by atoms with E-state index in [1.807, 2.05) is 26.2 Å². The number of hydrogen-bond donors (Lipinski definition) is 5. The van der Waals surface area contributed by atoms with Gasteiger partial charge in [-0.05, 0) is 133 Å². The predicted molar refractivity (Wildman–Crippen MR) is 363 cm³/mol. The Kier molecular flexibility index (Phi) is 46.8. The van der Waals surface area contributed by atoms with Gasteiger partial charge in [0.25, 0.3) is 23.9 Å². The SMILES string of the molecule is C.C.CC(=O)O.CC(=O)O.CC(=O)O[BH2-]OC(C)=O.CCN(C(C)C)C(C)C.CN(C(=O)n1cnc(-c2cccc(O)c2)c1)C1CCNCC1.COc1cc(C=O)ccc1F.COc1cc(CN2CCC(N(C)C(=O)n3cnc(-c4cccc(O)c4)c3)CC2)ccc1F.Cl.[Na+]. The van der Waals surface area contributed by atoms with E-state index in [9.17, 15) is 43.0 Å². The van der Waals surface area contributed by atoms with Crippen LogP contribution in [0.25, 0.3) is 22.5 Å². The number of methoxy groups -OCH3 is 2. The number of ether oxygens (including phenoxy) is 2. The number of phenolic OH excluding ortho intramolecular Hbond substituents is 2. The number of rotatable bonds is 14. The van der Waals surface area contributed by atoms with E-state index in [4.69, 9.17) is 24.5 Å². The third kappa shape index (κ3) is 34.9. The van der Waals surface area contributed by atoms with Gasteiger partial charge in [-0.3, -0.25) is 42.9 Å². The van der Waals surface area contributed by atoms with Gasteiger partial charge in [0.15, 0.2) is 23.1 Å². The Bertz CT molecular complexity index is 3200. The zero-order chi connectivity index (χ0) is 68.3. The molecule has 2 saturated heterocycles. The maximum Gasteiger partial charge on any atom is 1.00 e. The van der Waals surface area contributed by atoms with Crippen LogP contribution in [0.15, 0.2) is 110 Å². The number of nitrogens with one attached hydrogen (secondary N) is 1. The van der Waals surface area contributed by atoms with Crippen LogP contribution in [0.4, 0.5) is 18.4 Å². The Morgan fingerprint density at radius 3 is 1.42 bits per heavy atom. The molecule has 0 aliphatic carbocycles. The van der Waals surface area contributed by atoms with Gasteiger partial charge in [-0.25, -0.2) is 28.3 Å². The molecule has 4 heterocycles. The minimum atomic E-state index is -1.27. The summed E-state index contributed by atoms with van der Waals surface area (Å²) in [6.45, 7) is 21.3. The number of nitrogens with zero attached hydrogens (tertiary/aromatic N) is 8. The molecule has 522 valence electrons. The molecule has 2 aliphatic heterocycles. The zero-order valence-electron chi connectivity index (χ0n) is 55.9. The fraction of sp³-hybridized carbons (Fsp3) is 0.439. The van der Waals surface area contributed by atoms with Gasteiger partial charge in [0.05, 0.1) is 25.6 Å². The number of aliphatic carboxylic acids is 2. The Morgan fingerprint density at radius 2 is 1.06 bits per heavy atom. The number of piperidine rings is 2. The first kappa shape index (κ1) is 91.3. The molecule has 5 N–H and O–H groups in total. The molecule has 0 spiro atoms. The standard InChI is InChI=1S/C24H27FN4O3.C16H20N4O2.C8H7FO2.C8H19N.C4H8BO4.2C2H4O2.2CH4.ClH.Na/c1-27(24(31)29-15-22(26-16-29)18-4-3-5-20(30)13-18)19-8-10-28(11-9-19)14-17-6-7-21(25)23(12-17)32-2;1-19(13-5-7-17-8-6-13)16(22)20-10-15(18-11-20)12-3-2-4-14(21)9-12;1-11-8-4-6(5-10)2-3-7(8)9;1-6-9(7(2)3)8(4)5;1-3(6)8-5-9-4(2)7;2*1-2(3)4;;;;/h3-7,12-13,15-16,19,30H,8-11,14H2,1-2H3;2-4,9-11,13,17,21H,5-8H2,1H3;2-5H,1H3;7-8H,6H2,1-5H3;5H2,1-2H3;2*1H3,(H,3,4);2*1H4;1H;/q;;;;-1;;;;;;+1. The number of hydrogen-bond acceptors (Lipinski definition) is 18. The van der Waals surface area contributed by atoms with Crippen molar-refractivity contribution in [1.82, 2.24) is 44.0 Å². The quantitative estimate of drug-likeness (QED) is 0.0517. The normalized spacial score (nSPS) is 12.2. The maximum absolute atomic E-state index is 13.6. The first-order valence-corrected chi connectivity index (χ1v) is 29.5. The molecule has 95 heavy (non-hydrogen) atoms. The first-order chi connectivity index (χ1) is 43.0. The number of aromatic hydroxyl groups is 2. The van der Waals surface area contributed by atoms with Gasteiger partial charge < -0.3 is 54.3 Å². The Labute approximate surface area is 586 Å². The van der Waals surface area contributed by atoms with Crippen molar-refractivity contribution in [3.8, 4) is 45.5 Å². The molecule has 0 radical (unpaired) electrons. The molecule has 29 heteroatoms. The summed E-state index contributed by atoms with van der Waals surface area (Å²) in [6, 6.07) is 24.1. The monoisotopic (exact) mass is 1360 g/mol. The number of imidazole rings is 2. The molecule has 0 atom stereocenters. The first-order valence-electron chi connectivity index (χ1n) is 29.5. The number of halogens is 3. The Morgan fingerprint density at radius 1 is 0.663 bits per heavy atom. The van der Waals surface area contributed by atoms with E-state index in [-0.39, 0.29) is 110 Å². The topological polar surface area (TPSA) is 298 Å². The van der Waals surface area contributed by atoms with E-state index in [0.717, 1.165) is 95.5 Å². The van der Waals surface area contributed by atoms with Crippen LogP contribution in [0.2, 0.25) is 0 Å². The fourth-order valence-corrected chi connectivity index (χ4v) is 9.23. The molecule has 2 aromatic heterocycles. The van der Waals surface area contributed by atoms with Gasteiger partial charge in [0, 0.05) is 115 Å². The number of amides is 2. The summed E-state index contributed by atoms with van der Waals surface area (Å²) in [6.07, 6.45) is 10.7. The van der Waals surface area contributed by atoms with Crippen molar-refractivity contribution < 1.29 is 111 Å². The molecule has 2 aliphatic rings. The average Bonchev–Trinajstić information content (AvgIpc) is 1.84. The third-order valence-corrected chi connectivity index (χ3v) is 13.8. The number of carbonyl (C=O) groups excluding carboxylic acids is 5. The molecule has 0 saturated carbocycles. The van der Waals surface area contributed by atoms with Crippen molar-refractivity contribution >= 4 is 62.3 Å². The average molecular weight is 1360 g/mol. The Hall–Kier alpha value is -7.92. The van der Waals surface area contributed by atoms with Gasteiger partial charge in [-0.2, -0.15) is 0 Å². The van der Waals surface area contributed by atoms with E-state index in [1.54, 1.807) is 70.7 Å². The van der Waals surface area contributed by atoms with E-state index < -0.39 is 37.4 Å². The molecule has 4 aromatic carbocycles. The molecule has 2 amide bonds. The van der Waals surface area contributed by atoms with Crippen LogP contribution in [-0.4, -0.2) is 194 Å². The molecular weight excluding hydrogens is 1270 g/mol. The summed E-state index contributed by atoms with van der Waals surface area (Å²) in [5, 5.41) is 37.3. The van der Waals surface area contributed by atoms with Crippen molar-refractivity contribution in [2.45, 2.75) is 134 Å². The number of aromatic nitrogens is 4. The second-order valence-electron chi connectivity index (χ2n) is 21.3. The van der Waals surface area contributed by atoms with E-state index in [0.29, 0.717) is 35.3 Å². The minimum Gasteiger partial charge on any atom is -0.661 e. The predicted octanol–water partition coefficient (Wildman–Crippen LogP) is 7.64. The largest absolute Gasteiger partial charge is 1.00 e. The van der Waals surface area contributed by atoms with Crippen molar-refractivity contribution in [2.24, 2.45) is 0 Å². The number of phenols is 2. The number of carboxylic acid groups (broad SMARTS) is 2. The minimum absolute atomic E-state index is 0. The van der Waals surface area contributed by atoms with Crippen molar-refractivity contribution in [3.63, 3.8) is 0 Å². The smallest absolute Gasteiger partial charge is 0.661 e. The number of carbonyl (C=O) groups is 7. The molecule has 6 aromatic rings. The molecule has 2 fully saturated rings. The van der Waals surface area contributed by atoms with Crippen molar-refractivity contribution in [2.75, 3.05) is 61.0 Å². The second kappa shape index (κ2) is 48.7. The van der Waals surface area contributed by atoms with Gasteiger partial charge in [-0.15, -0.1) is 12.4 Å². The summed E-state index contributed by atoms with van der Waals surface area (Å²) >= 11 is 0. The number of aldehydes is 1. The van der Waals surface area contributed by atoms with Crippen LogP contribution < -0.4 is 44.3 Å². The summed E-state index contributed by atoms with van der Waals surface area (Å²) < 4.78 is 47.8. The van der Waals surface area contributed by atoms with Gasteiger partial charge in [0.2, 0.25) is 0 Å². The van der Waals surface area contributed by atoms with E-state index in [2.05, 4.69) is 73.7 Å². The summed E-state index contributed by atoms with van der Waals surface area (Å²) in [5.41, 5.74) is 4.25. The fourth-order valence-electron chi connectivity index (χ4n) is 9.23. The Balaban J connectivity index is -0.00000117. The molecule has 8 rings (SSSR count). The van der Waals surface area contributed by atoms with E-state index in [1.165, 1.54) is 74.1 Å². The summed E-state index contributed by atoms with van der Waals surface area (Å²) in [5.74, 6) is -2.60. The molecule has 24 nitrogen and oxygen atoms in total. The molecule has 0 bridgehead atoms. The summed E-state index contributed by atoms with van der Waals surface area (Å²) in [4.78, 5) is 90.7. The van der Waals surface area contributed by atoms with Gasteiger partial charge in [-0.1, -0.05) is 52.1 Å². The van der Waals surface area contributed by atoms with Crippen LogP contribution >= 0.6 is 12.4 Å².